The van der Waals surface area contributed by atoms with Crippen LogP contribution in [-0.4, -0.2) is 10.1 Å². The van der Waals surface area contributed by atoms with E-state index in [9.17, 15) is 5.11 Å². The average Bonchev–Trinajstić information content (AvgIpc) is 2.72. The quantitative estimate of drug-likeness (QED) is 0.557. The Morgan fingerprint density at radius 2 is 1.62 bits per heavy atom. The second-order valence-electron chi connectivity index (χ2n) is 6.17. The van der Waals surface area contributed by atoms with Crippen molar-refractivity contribution in [3.05, 3.63) is 96.2 Å². The Morgan fingerprint density at radius 1 is 0.769 bits per heavy atom. The molecule has 4 aromatic rings. The largest absolute Gasteiger partial charge is 0.487 e. The van der Waals surface area contributed by atoms with Gasteiger partial charge in [0.25, 0.3) is 0 Å². The molecule has 3 nitrogen and oxygen atoms in total. The third kappa shape index (κ3) is 3.58. The highest BCUT2D eigenvalue weighted by Gasteiger charge is 2.02. The first kappa shape index (κ1) is 16.3. The van der Waals surface area contributed by atoms with Crippen LogP contribution in [0.5, 0.6) is 5.75 Å². The van der Waals surface area contributed by atoms with E-state index in [2.05, 4.69) is 17.1 Å². The average molecular weight is 341 g/mol. The number of rotatable bonds is 5. The molecule has 4 rings (SSSR count). The second kappa shape index (κ2) is 7.38. The molecule has 1 aromatic heterocycles. The molecule has 0 saturated carbocycles. The van der Waals surface area contributed by atoms with Crippen LogP contribution in [-0.2, 0) is 13.2 Å². The van der Waals surface area contributed by atoms with Crippen molar-refractivity contribution in [1.29, 1.82) is 0 Å². The Labute approximate surface area is 152 Å². The third-order valence-corrected chi connectivity index (χ3v) is 4.34. The van der Waals surface area contributed by atoms with Gasteiger partial charge in [-0.15, -0.1) is 0 Å². The van der Waals surface area contributed by atoms with Crippen molar-refractivity contribution in [2.45, 2.75) is 13.2 Å². The van der Waals surface area contributed by atoms with Crippen molar-refractivity contribution in [2.75, 3.05) is 0 Å². The van der Waals surface area contributed by atoms with Crippen molar-refractivity contribution in [2.24, 2.45) is 0 Å². The molecule has 0 fully saturated rings. The van der Waals surface area contributed by atoms with Crippen LogP contribution in [0.3, 0.4) is 0 Å². The van der Waals surface area contributed by atoms with Gasteiger partial charge < -0.3 is 9.84 Å². The lowest BCUT2D eigenvalue weighted by atomic mass is 10.0. The monoisotopic (exact) mass is 341 g/mol. The van der Waals surface area contributed by atoms with E-state index >= 15 is 0 Å². The molecule has 26 heavy (non-hydrogen) atoms. The Kier molecular flexibility index (Phi) is 4.63. The highest BCUT2D eigenvalue weighted by Crippen LogP contribution is 2.24. The van der Waals surface area contributed by atoms with E-state index in [1.54, 1.807) is 0 Å². The van der Waals surface area contributed by atoms with Gasteiger partial charge >= 0.3 is 0 Å². The molecule has 0 spiro atoms. The lowest BCUT2D eigenvalue weighted by molar-refractivity contribution is 0.282. The van der Waals surface area contributed by atoms with Gasteiger partial charge in [0.05, 0.1) is 17.8 Å². The Balaban J connectivity index is 1.46. The zero-order valence-corrected chi connectivity index (χ0v) is 14.3. The Hall–Kier alpha value is -3.17. The van der Waals surface area contributed by atoms with Crippen LogP contribution >= 0.6 is 0 Å². The van der Waals surface area contributed by atoms with Crippen LogP contribution in [0.25, 0.3) is 22.0 Å². The van der Waals surface area contributed by atoms with E-state index in [1.807, 2.05) is 72.8 Å². The highest BCUT2D eigenvalue weighted by molar-refractivity contribution is 5.78. The summed E-state index contributed by atoms with van der Waals surface area (Å²) < 4.78 is 5.87. The maximum Gasteiger partial charge on any atom is 0.130 e. The normalized spacial score (nSPS) is 10.8. The number of benzene rings is 3. The van der Waals surface area contributed by atoms with Gasteiger partial charge in [0.15, 0.2) is 0 Å². The maximum absolute atomic E-state index is 9.27. The summed E-state index contributed by atoms with van der Waals surface area (Å²) >= 11 is 0. The van der Waals surface area contributed by atoms with Crippen molar-refractivity contribution >= 4 is 10.9 Å². The molecular formula is C23H19NO2. The number of aliphatic hydroxyl groups excluding tert-OH is 1. The van der Waals surface area contributed by atoms with E-state index in [0.717, 1.165) is 39.0 Å². The summed E-state index contributed by atoms with van der Waals surface area (Å²) in [7, 11) is 0. The minimum atomic E-state index is 0.0494. The lowest BCUT2D eigenvalue weighted by Crippen LogP contribution is -1.98. The van der Waals surface area contributed by atoms with Crippen molar-refractivity contribution in [3.8, 4) is 16.9 Å². The molecule has 0 aliphatic rings. The highest BCUT2D eigenvalue weighted by atomic mass is 16.5. The number of aromatic nitrogens is 1. The van der Waals surface area contributed by atoms with Gasteiger partial charge in [0.1, 0.15) is 12.4 Å². The zero-order chi connectivity index (χ0) is 17.8. The minimum absolute atomic E-state index is 0.0494. The molecule has 0 amide bonds. The fraction of sp³-hybridized carbons (Fsp3) is 0.0870. The van der Waals surface area contributed by atoms with Crippen molar-refractivity contribution in [3.63, 3.8) is 0 Å². The standard InChI is InChI=1S/C23H19NO2/c25-15-17-4-3-6-20(14-17)18-9-12-22(13-10-18)26-16-21-11-8-19-5-1-2-7-23(19)24-21/h1-14,25H,15-16H2. The zero-order valence-electron chi connectivity index (χ0n) is 14.3. The summed E-state index contributed by atoms with van der Waals surface area (Å²) in [6.45, 7) is 0.484. The number of hydrogen-bond donors (Lipinski definition) is 1. The molecule has 0 saturated heterocycles. The Morgan fingerprint density at radius 3 is 2.46 bits per heavy atom. The van der Waals surface area contributed by atoms with Crippen LogP contribution in [0.4, 0.5) is 0 Å². The summed E-state index contributed by atoms with van der Waals surface area (Å²) in [5, 5.41) is 10.4. The second-order valence-corrected chi connectivity index (χ2v) is 6.17. The molecule has 0 aliphatic heterocycles. The van der Waals surface area contributed by atoms with Crippen molar-refractivity contribution < 1.29 is 9.84 Å². The predicted molar refractivity (Wildman–Crippen MR) is 104 cm³/mol. The molecule has 0 atom stereocenters. The topological polar surface area (TPSA) is 42.4 Å². The molecular weight excluding hydrogens is 322 g/mol. The molecule has 0 bridgehead atoms. The van der Waals surface area contributed by atoms with Gasteiger partial charge in [0.2, 0.25) is 0 Å². The van der Waals surface area contributed by atoms with E-state index in [0.29, 0.717) is 6.61 Å². The summed E-state index contributed by atoms with van der Waals surface area (Å²) in [6, 6.07) is 28.0. The van der Waals surface area contributed by atoms with Gasteiger partial charge in [-0.05, 0) is 47.0 Å². The number of pyridine rings is 1. The molecule has 1 heterocycles. The summed E-state index contributed by atoms with van der Waals surface area (Å²) in [5.74, 6) is 0.807. The van der Waals surface area contributed by atoms with Crippen LogP contribution in [0.2, 0.25) is 0 Å². The fourth-order valence-electron chi connectivity index (χ4n) is 2.94. The predicted octanol–water partition coefficient (Wildman–Crippen LogP) is 4.97. The summed E-state index contributed by atoms with van der Waals surface area (Å²) in [5.41, 5.74) is 4.97. The van der Waals surface area contributed by atoms with Crippen LogP contribution in [0, 0.1) is 0 Å². The molecule has 0 radical (unpaired) electrons. The van der Waals surface area contributed by atoms with E-state index in [4.69, 9.17) is 4.74 Å². The smallest absolute Gasteiger partial charge is 0.130 e. The fourth-order valence-corrected chi connectivity index (χ4v) is 2.94. The van der Waals surface area contributed by atoms with Crippen LogP contribution in [0.15, 0.2) is 84.9 Å². The number of aliphatic hydroxyl groups is 1. The summed E-state index contributed by atoms with van der Waals surface area (Å²) in [6.07, 6.45) is 0. The summed E-state index contributed by atoms with van der Waals surface area (Å²) in [4.78, 5) is 4.63. The number of hydrogen-bond acceptors (Lipinski definition) is 3. The molecule has 1 N–H and O–H groups in total. The van der Waals surface area contributed by atoms with Crippen LogP contribution in [0.1, 0.15) is 11.3 Å². The first-order valence-electron chi connectivity index (χ1n) is 8.59. The van der Waals surface area contributed by atoms with Gasteiger partial charge in [-0.1, -0.05) is 54.6 Å². The number of para-hydroxylation sites is 1. The molecule has 0 unspecified atom stereocenters. The molecule has 0 aliphatic carbocycles. The molecule has 3 heteroatoms. The maximum atomic E-state index is 9.27. The number of fused-ring (bicyclic) bond motifs is 1. The van der Waals surface area contributed by atoms with E-state index in [-0.39, 0.29) is 6.61 Å². The Bertz CT molecular complexity index is 1030. The number of ether oxygens (including phenoxy) is 1. The van der Waals surface area contributed by atoms with Gasteiger partial charge in [-0.25, -0.2) is 4.98 Å². The van der Waals surface area contributed by atoms with Crippen molar-refractivity contribution in [1.82, 2.24) is 4.98 Å². The molecule has 3 aromatic carbocycles. The van der Waals surface area contributed by atoms with E-state index < -0.39 is 0 Å². The van der Waals surface area contributed by atoms with Gasteiger partial charge in [-0.2, -0.15) is 0 Å². The van der Waals surface area contributed by atoms with Gasteiger partial charge in [-0.3, -0.25) is 0 Å². The first-order chi connectivity index (χ1) is 12.8. The first-order valence-corrected chi connectivity index (χ1v) is 8.59. The number of nitrogens with zero attached hydrogens (tertiary/aromatic N) is 1. The van der Waals surface area contributed by atoms with Crippen LogP contribution < -0.4 is 4.74 Å². The SMILES string of the molecule is OCc1cccc(-c2ccc(OCc3ccc4ccccc4n3)cc2)c1. The van der Waals surface area contributed by atoms with Gasteiger partial charge in [0, 0.05) is 5.39 Å². The molecule has 128 valence electrons. The minimum Gasteiger partial charge on any atom is -0.487 e. The third-order valence-electron chi connectivity index (χ3n) is 4.34. The lowest BCUT2D eigenvalue weighted by Gasteiger charge is -2.08. The van der Waals surface area contributed by atoms with E-state index in [1.165, 1.54) is 0 Å².